The molecule has 4 aromatic rings. The maximum Gasteiger partial charge on any atom is 0.338 e. The summed E-state index contributed by atoms with van der Waals surface area (Å²) in [6, 6.07) is 20.6. The number of rotatable bonds is 5. The minimum Gasteiger partial charge on any atom is -0.478 e. The normalized spacial score (nSPS) is 17.5. The number of nitrogens with zero attached hydrogens (tertiary/aromatic N) is 2. The molecular formula is C25H22N2O4. The van der Waals surface area contributed by atoms with Gasteiger partial charge in [0.15, 0.2) is 17.5 Å². The van der Waals surface area contributed by atoms with Gasteiger partial charge in [-0.15, -0.1) is 0 Å². The van der Waals surface area contributed by atoms with Gasteiger partial charge in [-0.1, -0.05) is 42.5 Å². The minimum atomic E-state index is -0.460. The van der Waals surface area contributed by atoms with Gasteiger partial charge in [0.25, 0.3) is 0 Å². The van der Waals surface area contributed by atoms with Crippen LogP contribution in [-0.2, 0) is 17.8 Å². The van der Waals surface area contributed by atoms with E-state index in [4.69, 9.17) is 9.47 Å². The number of esters is 1. The van der Waals surface area contributed by atoms with E-state index in [1.165, 1.54) is 0 Å². The highest BCUT2D eigenvalue weighted by molar-refractivity contribution is 5.89. The first-order valence-corrected chi connectivity index (χ1v) is 10.2. The van der Waals surface area contributed by atoms with Crippen molar-refractivity contribution in [2.45, 2.75) is 32.2 Å². The van der Waals surface area contributed by atoms with Crippen LogP contribution >= 0.6 is 0 Å². The minimum absolute atomic E-state index is 0.111. The van der Waals surface area contributed by atoms with Crippen molar-refractivity contribution in [3.8, 4) is 5.75 Å². The molecule has 2 atom stereocenters. The van der Waals surface area contributed by atoms with Crippen LogP contribution in [0.1, 0.15) is 39.0 Å². The van der Waals surface area contributed by atoms with E-state index in [0.717, 1.165) is 22.5 Å². The van der Waals surface area contributed by atoms with E-state index < -0.39 is 12.2 Å². The Labute approximate surface area is 179 Å². The van der Waals surface area contributed by atoms with Crippen LogP contribution in [-0.4, -0.2) is 26.6 Å². The number of carbonyl (C=O) groups is 1. The van der Waals surface area contributed by atoms with Crippen LogP contribution < -0.4 is 4.74 Å². The Hall–Kier alpha value is -3.64. The Morgan fingerprint density at radius 1 is 1.10 bits per heavy atom. The zero-order valence-electron chi connectivity index (χ0n) is 17.1. The molecule has 6 heteroatoms. The predicted octanol–water partition coefficient (Wildman–Crippen LogP) is 4.04. The van der Waals surface area contributed by atoms with Crippen LogP contribution in [0.5, 0.6) is 5.75 Å². The summed E-state index contributed by atoms with van der Waals surface area (Å²) in [5.74, 6) is 0.206. The molecule has 2 unspecified atom stereocenters. The first-order valence-electron chi connectivity index (χ1n) is 10.2. The lowest BCUT2D eigenvalue weighted by Gasteiger charge is -2.22. The zero-order valence-corrected chi connectivity index (χ0v) is 17.1. The van der Waals surface area contributed by atoms with E-state index in [9.17, 15) is 9.90 Å². The van der Waals surface area contributed by atoms with E-state index in [-0.39, 0.29) is 12.6 Å². The Bertz CT molecular complexity index is 1250. The summed E-state index contributed by atoms with van der Waals surface area (Å²) < 4.78 is 14.2. The smallest absolute Gasteiger partial charge is 0.338 e. The third-order valence-corrected chi connectivity index (χ3v) is 5.71. The number of aliphatic hydroxyl groups excluding tert-OH is 1. The molecule has 2 aromatic heterocycles. The number of hydrogen-bond donors (Lipinski definition) is 1. The zero-order chi connectivity index (χ0) is 21.4. The van der Waals surface area contributed by atoms with Gasteiger partial charge >= 0.3 is 5.97 Å². The molecule has 0 amide bonds. The second-order valence-corrected chi connectivity index (χ2v) is 7.62. The summed E-state index contributed by atoms with van der Waals surface area (Å²) in [4.78, 5) is 17.3. The summed E-state index contributed by atoms with van der Waals surface area (Å²) in [7, 11) is 0. The largest absolute Gasteiger partial charge is 0.478 e. The number of aromatic nitrogens is 2. The Morgan fingerprint density at radius 2 is 1.87 bits per heavy atom. The molecule has 0 saturated carbocycles. The fourth-order valence-electron chi connectivity index (χ4n) is 4.17. The molecule has 5 rings (SSSR count). The van der Waals surface area contributed by atoms with Gasteiger partial charge in [0.2, 0.25) is 0 Å². The van der Waals surface area contributed by atoms with Gasteiger partial charge in [-0.2, -0.15) is 0 Å². The topological polar surface area (TPSA) is 73.1 Å². The van der Waals surface area contributed by atoms with Crippen LogP contribution in [0.4, 0.5) is 0 Å². The van der Waals surface area contributed by atoms with Crippen molar-refractivity contribution >= 4 is 11.6 Å². The maximum atomic E-state index is 12.7. The van der Waals surface area contributed by atoms with Crippen molar-refractivity contribution in [1.82, 2.24) is 9.38 Å². The third-order valence-electron chi connectivity index (χ3n) is 5.71. The molecule has 1 aliphatic rings. The van der Waals surface area contributed by atoms with Gasteiger partial charge in [0.05, 0.1) is 23.6 Å². The predicted molar refractivity (Wildman–Crippen MR) is 115 cm³/mol. The summed E-state index contributed by atoms with van der Waals surface area (Å²) in [6.07, 6.45) is 1.52. The molecule has 0 radical (unpaired) electrons. The maximum absolute atomic E-state index is 12.7. The van der Waals surface area contributed by atoms with Crippen LogP contribution in [0, 0.1) is 6.92 Å². The molecule has 6 nitrogen and oxygen atoms in total. The van der Waals surface area contributed by atoms with Crippen LogP contribution in [0.25, 0.3) is 5.65 Å². The number of aryl methyl sites for hydroxylation is 1. The first kappa shape index (κ1) is 19.3. The summed E-state index contributed by atoms with van der Waals surface area (Å²) in [5.41, 5.74) is 4.70. The number of fused-ring (bicyclic) bond motifs is 2. The standard InChI is InChI=1S/C25H22N2O4/c1-16-20(15-28)27-13-7-12-21(24(27)26-16)30-23-19-11-6-5-10-18(19)14-22(23)31-25(29)17-8-3-2-4-9-17/h2-13,22-23,28H,14-15H2,1H3. The van der Waals surface area contributed by atoms with E-state index in [1.54, 1.807) is 12.1 Å². The van der Waals surface area contributed by atoms with Crippen molar-refractivity contribution in [3.63, 3.8) is 0 Å². The number of pyridine rings is 1. The molecule has 1 aliphatic carbocycles. The summed E-state index contributed by atoms with van der Waals surface area (Å²) >= 11 is 0. The molecule has 0 fully saturated rings. The third kappa shape index (κ3) is 3.45. The Kier molecular flexibility index (Phi) is 4.92. The first-order chi connectivity index (χ1) is 15.2. The SMILES string of the molecule is Cc1nc2c(OC3c4ccccc4CC3OC(=O)c3ccccc3)cccn2c1CO. The average molecular weight is 414 g/mol. The molecule has 0 saturated heterocycles. The highest BCUT2D eigenvalue weighted by Gasteiger charge is 2.37. The van der Waals surface area contributed by atoms with E-state index in [2.05, 4.69) is 4.98 Å². The molecule has 0 spiro atoms. The highest BCUT2D eigenvalue weighted by Crippen LogP contribution is 2.38. The number of aliphatic hydroxyl groups is 1. The van der Waals surface area contributed by atoms with Gasteiger partial charge in [-0.3, -0.25) is 4.40 Å². The van der Waals surface area contributed by atoms with Gasteiger partial charge in [-0.25, -0.2) is 9.78 Å². The lowest BCUT2D eigenvalue weighted by molar-refractivity contribution is -0.00285. The second-order valence-electron chi connectivity index (χ2n) is 7.62. The highest BCUT2D eigenvalue weighted by atomic mass is 16.6. The number of hydrogen-bond acceptors (Lipinski definition) is 5. The summed E-state index contributed by atoms with van der Waals surface area (Å²) in [5, 5.41) is 9.70. The van der Waals surface area contributed by atoms with Crippen molar-refractivity contribution < 1.29 is 19.4 Å². The van der Waals surface area contributed by atoms with Crippen molar-refractivity contribution in [2.75, 3.05) is 0 Å². The van der Waals surface area contributed by atoms with Crippen molar-refractivity contribution in [3.05, 3.63) is 101 Å². The molecule has 2 aromatic carbocycles. The number of carbonyl (C=O) groups excluding carboxylic acids is 1. The van der Waals surface area contributed by atoms with Crippen LogP contribution in [0.15, 0.2) is 72.9 Å². The number of imidazole rings is 1. The molecule has 31 heavy (non-hydrogen) atoms. The average Bonchev–Trinajstić information content (AvgIpc) is 3.31. The van der Waals surface area contributed by atoms with E-state index in [1.807, 2.05) is 72.1 Å². The van der Waals surface area contributed by atoms with Gasteiger partial charge in [-0.05, 0) is 42.3 Å². The van der Waals surface area contributed by atoms with Gasteiger partial charge in [0, 0.05) is 12.6 Å². The summed E-state index contributed by atoms with van der Waals surface area (Å²) in [6.45, 7) is 1.75. The molecule has 1 N–H and O–H groups in total. The Morgan fingerprint density at radius 3 is 2.68 bits per heavy atom. The monoisotopic (exact) mass is 414 g/mol. The number of benzene rings is 2. The second kappa shape index (κ2) is 7.89. The lowest BCUT2D eigenvalue weighted by atomic mass is 10.1. The number of ether oxygens (including phenoxy) is 2. The van der Waals surface area contributed by atoms with Gasteiger partial charge in [0.1, 0.15) is 6.10 Å². The van der Waals surface area contributed by atoms with Crippen molar-refractivity contribution in [1.29, 1.82) is 0 Å². The van der Waals surface area contributed by atoms with Gasteiger partial charge < -0.3 is 14.6 Å². The fourth-order valence-corrected chi connectivity index (χ4v) is 4.17. The molecular weight excluding hydrogens is 392 g/mol. The quantitative estimate of drug-likeness (QED) is 0.499. The fraction of sp³-hybridized carbons (Fsp3) is 0.200. The molecule has 2 heterocycles. The molecule has 0 bridgehead atoms. The van der Waals surface area contributed by atoms with Crippen molar-refractivity contribution in [2.24, 2.45) is 0 Å². The van der Waals surface area contributed by atoms with E-state index in [0.29, 0.717) is 23.4 Å². The van der Waals surface area contributed by atoms with Crippen LogP contribution in [0.3, 0.4) is 0 Å². The Balaban J connectivity index is 1.49. The van der Waals surface area contributed by atoms with Crippen LogP contribution in [0.2, 0.25) is 0 Å². The van der Waals surface area contributed by atoms with E-state index >= 15 is 0 Å². The molecule has 156 valence electrons. The molecule has 0 aliphatic heterocycles. The lowest BCUT2D eigenvalue weighted by Crippen LogP contribution is -2.26.